The Labute approximate surface area is 101 Å². The van der Waals surface area contributed by atoms with E-state index in [9.17, 15) is 9.59 Å². The molecule has 1 amide bonds. The molecule has 0 bridgehead atoms. The molecule has 0 saturated heterocycles. The molecule has 0 fully saturated rings. The molecule has 0 aliphatic carbocycles. The number of amides is 1. The fraction of sp³-hybridized carbons (Fsp3) is 0.385. The lowest BCUT2D eigenvalue weighted by Crippen LogP contribution is -2.38. The van der Waals surface area contributed by atoms with Gasteiger partial charge in [-0.3, -0.25) is 9.59 Å². The number of nitrogens with one attached hydrogen (secondary N) is 1. The number of methoxy groups -OCH3 is 1. The molecule has 0 radical (unpaired) electrons. The number of Topliss-reactive ketones (excluding diaryl/α,β-unsaturated/α-hetero) is 1. The largest absolute Gasteiger partial charge is 0.497 e. The fourth-order valence-corrected chi connectivity index (χ4v) is 1.36. The second-order valence-corrected chi connectivity index (χ2v) is 3.93. The third kappa shape index (κ3) is 4.26. The first kappa shape index (κ1) is 13.2. The van der Waals surface area contributed by atoms with Crippen molar-refractivity contribution in [3.8, 4) is 5.75 Å². The molecule has 1 rings (SSSR count). The van der Waals surface area contributed by atoms with Gasteiger partial charge in [0.05, 0.1) is 19.6 Å². The summed E-state index contributed by atoms with van der Waals surface area (Å²) in [5.41, 5.74) is 0.859. The maximum atomic E-state index is 11.6. The monoisotopic (exact) mass is 235 g/mol. The minimum absolute atomic E-state index is 0.0519. The van der Waals surface area contributed by atoms with E-state index in [1.807, 2.05) is 18.2 Å². The van der Waals surface area contributed by atoms with Crippen LogP contribution >= 0.6 is 0 Å². The second kappa shape index (κ2) is 6.03. The van der Waals surface area contributed by atoms with E-state index < -0.39 is 6.04 Å². The van der Waals surface area contributed by atoms with Crippen molar-refractivity contribution in [3.63, 3.8) is 0 Å². The van der Waals surface area contributed by atoms with Gasteiger partial charge in [0.15, 0.2) is 5.78 Å². The minimum atomic E-state index is -0.437. The van der Waals surface area contributed by atoms with Crippen LogP contribution in [0.3, 0.4) is 0 Å². The van der Waals surface area contributed by atoms with Gasteiger partial charge in [0.2, 0.25) is 5.91 Å². The first-order valence-electron chi connectivity index (χ1n) is 5.45. The average molecular weight is 235 g/mol. The van der Waals surface area contributed by atoms with E-state index in [1.54, 1.807) is 20.1 Å². The van der Waals surface area contributed by atoms with E-state index in [-0.39, 0.29) is 18.1 Å². The molecule has 1 aromatic carbocycles. The van der Waals surface area contributed by atoms with Gasteiger partial charge in [0.1, 0.15) is 5.75 Å². The zero-order valence-corrected chi connectivity index (χ0v) is 10.3. The SMILES string of the molecule is COc1cccc(CC(=O)NC(C)C(C)=O)c1. The van der Waals surface area contributed by atoms with Gasteiger partial charge in [-0.2, -0.15) is 0 Å². The Kier molecular flexibility index (Phi) is 4.69. The summed E-state index contributed by atoms with van der Waals surface area (Å²) in [5.74, 6) is 0.500. The van der Waals surface area contributed by atoms with Crippen molar-refractivity contribution < 1.29 is 14.3 Å². The Morgan fingerprint density at radius 1 is 1.41 bits per heavy atom. The number of rotatable bonds is 5. The van der Waals surface area contributed by atoms with E-state index in [0.29, 0.717) is 0 Å². The van der Waals surface area contributed by atoms with Gasteiger partial charge in [-0.05, 0) is 31.5 Å². The summed E-state index contributed by atoms with van der Waals surface area (Å²) in [5, 5.41) is 2.64. The average Bonchev–Trinajstić information content (AvgIpc) is 2.28. The van der Waals surface area contributed by atoms with Crippen LogP contribution in [-0.2, 0) is 16.0 Å². The van der Waals surface area contributed by atoms with Gasteiger partial charge in [0.25, 0.3) is 0 Å². The number of carbonyl (C=O) groups excluding carboxylic acids is 2. The van der Waals surface area contributed by atoms with Crippen LogP contribution in [0.25, 0.3) is 0 Å². The third-order valence-electron chi connectivity index (χ3n) is 2.49. The highest BCUT2D eigenvalue weighted by atomic mass is 16.5. The number of benzene rings is 1. The molecule has 0 heterocycles. The van der Waals surface area contributed by atoms with Gasteiger partial charge in [-0.25, -0.2) is 0 Å². The smallest absolute Gasteiger partial charge is 0.224 e. The fourth-order valence-electron chi connectivity index (χ4n) is 1.36. The van der Waals surface area contributed by atoms with E-state index in [0.717, 1.165) is 11.3 Å². The van der Waals surface area contributed by atoms with Gasteiger partial charge in [-0.1, -0.05) is 12.1 Å². The molecule has 1 atom stereocenters. The Balaban J connectivity index is 2.58. The van der Waals surface area contributed by atoms with E-state index in [2.05, 4.69) is 5.32 Å². The Hall–Kier alpha value is -1.84. The van der Waals surface area contributed by atoms with Crippen LogP contribution in [0.5, 0.6) is 5.75 Å². The highest BCUT2D eigenvalue weighted by molar-refractivity contribution is 5.87. The Morgan fingerprint density at radius 3 is 2.71 bits per heavy atom. The van der Waals surface area contributed by atoms with Crippen molar-refractivity contribution in [2.24, 2.45) is 0 Å². The van der Waals surface area contributed by atoms with E-state index >= 15 is 0 Å². The molecular weight excluding hydrogens is 218 g/mol. The molecule has 0 aromatic heterocycles. The van der Waals surface area contributed by atoms with Crippen LogP contribution in [-0.4, -0.2) is 24.8 Å². The minimum Gasteiger partial charge on any atom is -0.497 e. The zero-order chi connectivity index (χ0) is 12.8. The molecule has 1 aromatic rings. The first-order chi connectivity index (χ1) is 8.02. The van der Waals surface area contributed by atoms with Crippen LogP contribution in [0.4, 0.5) is 0 Å². The quantitative estimate of drug-likeness (QED) is 0.837. The normalized spacial score (nSPS) is 11.7. The van der Waals surface area contributed by atoms with Gasteiger partial charge >= 0.3 is 0 Å². The summed E-state index contributed by atoms with van der Waals surface area (Å²) < 4.78 is 5.07. The Morgan fingerprint density at radius 2 is 2.12 bits per heavy atom. The van der Waals surface area contributed by atoms with E-state index in [1.165, 1.54) is 6.92 Å². The summed E-state index contributed by atoms with van der Waals surface area (Å²) in [6.07, 6.45) is 0.245. The topological polar surface area (TPSA) is 55.4 Å². The Bertz CT molecular complexity index is 415. The number of ether oxygens (including phenoxy) is 1. The summed E-state index contributed by atoms with van der Waals surface area (Å²) >= 11 is 0. The lowest BCUT2D eigenvalue weighted by molar-refractivity contribution is -0.126. The van der Waals surface area contributed by atoms with Gasteiger partial charge in [-0.15, -0.1) is 0 Å². The lowest BCUT2D eigenvalue weighted by Gasteiger charge is -2.10. The van der Waals surface area contributed by atoms with Gasteiger partial charge in [0, 0.05) is 0 Å². The predicted octanol–water partition coefficient (Wildman–Crippen LogP) is 1.33. The lowest BCUT2D eigenvalue weighted by atomic mass is 10.1. The molecule has 0 spiro atoms. The van der Waals surface area contributed by atoms with Crippen molar-refractivity contribution in [2.75, 3.05) is 7.11 Å². The van der Waals surface area contributed by atoms with Crippen molar-refractivity contribution in [2.45, 2.75) is 26.3 Å². The maximum Gasteiger partial charge on any atom is 0.224 e. The van der Waals surface area contributed by atoms with Crippen molar-refractivity contribution in [1.82, 2.24) is 5.32 Å². The highest BCUT2D eigenvalue weighted by Gasteiger charge is 2.11. The number of hydrogen-bond donors (Lipinski definition) is 1. The molecule has 0 aliphatic rings. The van der Waals surface area contributed by atoms with Gasteiger partial charge < -0.3 is 10.1 Å². The standard InChI is InChI=1S/C13H17NO3/c1-9(10(2)15)14-13(16)8-11-5-4-6-12(7-11)17-3/h4-7,9H,8H2,1-3H3,(H,14,16). The third-order valence-corrected chi connectivity index (χ3v) is 2.49. The molecule has 0 aliphatic heterocycles. The molecule has 17 heavy (non-hydrogen) atoms. The molecule has 4 heteroatoms. The first-order valence-corrected chi connectivity index (χ1v) is 5.45. The van der Waals surface area contributed by atoms with Crippen LogP contribution in [0.2, 0.25) is 0 Å². The van der Waals surface area contributed by atoms with Crippen LogP contribution in [0.15, 0.2) is 24.3 Å². The van der Waals surface area contributed by atoms with Crippen molar-refractivity contribution in [1.29, 1.82) is 0 Å². The van der Waals surface area contributed by atoms with Crippen LogP contribution < -0.4 is 10.1 Å². The van der Waals surface area contributed by atoms with Crippen molar-refractivity contribution in [3.05, 3.63) is 29.8 Å². The molecule has 4 nitrogen and oxygen atoms in total. The highest BCUT2D eigenvalue weighted by Crippen LogP contribution is 2.12. The van der Waals surface area contributed by atoms with Crippen molar-refractivity contribution >= 4 is 11.7 Å². The predicted molar refractivity (Wildman–Crippen MR) is 65.0 cm³/mol. The summed E-state index contributed by atoms with van der Waals surface area (Å²) in [6, 6.07) is 6.86. The van der Waals surface area contributed by atoms with Crippen LogP contribution in [0.1, 0.15) is 19.4 Å². The summed E-state index contributed by atoms with van der Waals surface area (Å²) in [6.45, 7) is 3.13. The number of ketones is 1. The molecule has 1 N–H and O–H groups in total. The molecule has 92 valence electrons. The number of carbonyl (C=O) groups is 2. The molecule has 0 saturated carbocycles. The van der Waals surface area contributed by atoms with Crippen LogP contribution in [0, 0.1) is 0 Å². The summed E-state index contributed by atoms with van der Waals surface area (Å²) in [4.78, 5) is 22.6. The number of hydrogen-bond acceptors (Lipinski definition) is 3. The van der Waals surface area contributed by atoms with E-state index in [4.69, 9.17) is 4.74 Å². The zero-order valence-electron chi connectivity index (χ0n) is 10.3. The second-order valence-electron chi connectivity index (χ2n) is 3.93. The molecular formula is C13H17NO3. The molecule has 1 unspecified atom stereocenters. The summed E-state index contributed by atoms with van der Waals surface area (Å²) in [7, 11) is 1.58. The maximum absolute atomic E-state index is 11.6.